The molecule has 0 unspecified atom stereocenters. The van der Waals surface area contributed by atoms with Crippen LogP contribution in [-0.2, 0) is 16.0 Å². The zero-order chi connectivity index (χ0) is 24.7. The minimum atomic E-state index is -4.73. The van der Waals surface area contributed by atoms with Crippen LogP contribution in [0.25, 0.3) is 16.9 Å². The van der Waals surface area contributed by atoms with Crippen LogP contribution in [0, 0.1) is 0 Å². The Morgan fingerprint density at radius 1 is 0.971 bits per heavy atom. The zero-order valence-electron chi connectivity index (χ0n) is 16.9. The molecule has 0 bridgehead atoms. The van der Waals surface area contributed by atoms with Crippen molar-refractivity contribution >= 4 is 31.7 Å². The molecule has 0 atom stereocenters. The Kier molecular flexibility index (Phi) is 6.04. The number of carboxylic acids is 1. The summed E-state index contributed by atoms with van der Waals surface area (Å²) in [5.74, 6) is -1.15. The Balaban J connectivity index is 1.93. The molecule has 0 spiro atoms. The van der Waals surface area contributed by atoms with E-state index in [1.165, 1.54) is 28.9 Å². The van der Waals surface area contributed by atoms with Crippen LogP contribution in [0.5, 0.6) is 0 Å². The molecule has 0 amide bonds. The van der Waals surface area contributed by atoms with Gasteiger partial charge in [-0.05, 0) is 54.6 Å². The Hall–Kier alpha value is -3.51. The smallest absolute Gasteiger partial charge is 0.416 e. The Bertz CT molecular complexity index is 1480. The Morgan fingerprint density at radius 3 is 2.21 bits per heavy atom. The third-order valence-electron chi connectivity index (χ3n) is 4.84. The van der Waals surface area contributed by atoms with Gasteiger partial charge in [0.25, 0.3) is 0 Å². The summed E-state index contributed by atoms with van der Waals surface area (Å²) in [4.78, 5) is 10.6. The van der Waals surface area contributed by atoms with Crippen molar-refractivity contribution < 1.29 is 31.5 Å². The maximum atomic E-state index is 13.4. The van der Waals surface area contributed by atoms with Crippen molar-refractivity contribution in [3.8, 4) is 16.9 Å². The number of carbonyl (C=O) groups is 1. The molecule has 34 heavy (non-hydrogen) atoms. The maximum Gasteiger partial charge on any atom is 0.416 e. The highest BCUT2D eigenvalue weighted by atomic mass is 79.9. The molecule has 0 fully saturated rings. The minimum absolute atomic E-state index is 0.00543. The lowest BCUT2D eigenvalue weighted by atomic mass is 10.1. The normalized spacial score (nSPS) is 12.0. The summed E-state index contributed by atoms with van der Waals surface area (Å²) < 4.78 is 68.2. The first-order valence-electron chi connectivity index (χ1n) is 9.46. The number of hydrogen-bond donors (Lipinski definition) is 1. The average Bonchev–Trinajstić information content (AvgIpc) is 3.25. The summed E-state index contributed by atoms with van der Waals surface area (Å²) in [5, 5.41) is 16.3. The zero-order valence-corrected chi connectivity index (χ0v) is 19.3. The van der Waals surface area contributed by atoms with E-state index in [9.17, 15) is 26.4 Å². The molecule has 174 valence electrons. The predicted octanol–water partition coefficient (Wildman–Crippen LogP) is 5.25. The van der Waals surface area contributed by atoms with Gasteiger partial charge in [-0.25, -0.2) is 17.9 Å². The van der Waals surface area contributed by atoms with Gasteiger partial charge in [0.15, 0.2) is 0 Å². The molecular weight excluding hydrogens is 539 g/mol. The summed E-state index contributed by atoms with van der Waals surface area (Å²) in [7, 11) is -4.52. The first-order valence-corrected chi connectivity index (χ1v) is 11.7. The van der Waals surface area contributed by atoms with Crippen molar-refractivity contribution in [3.63, 3.8) is 0 Å². The SMILES string of the molecule is O=C(O)c1ccc(-n2nnc(S(=O)(=O)c3cccc(C(F)(F)F)c3)c2-c2ccc(Br)cc2)cc1. The lowest BCUT2D eigenvalue weighted by Crippen LogP contribution is -2.09. The molecule has 0 aliphatic carbocycles. The second kappa shape index (κ2) is 8.69. The van der Waals surface area contributed by atoms with E-state index >= 15 is 0 Å². The quantitative estimate of drug-likeness (QED) is 0.363. The van der Waals surface area contributed by atoms with Crippen molar-refractivity contribution in [3.05, 3.63) is 88.4 Å². The topological polar surface area (TPSA) is 102 Å². The van der Waals surface area contributed by atoms with E-state index in [0.29, 0.717) is 21.8 Å². The van der Waals surface area contributed by atoms with Gasteiger partial charge in [0.2, 0.25) is 14.9 Å². The fourth-order valence-corrected chi connectivity index (χ4v) is 4.81. The molecule has 1 aromatic heterocycles. The molecule has 7 nitrogen and oxygen atoms in total. The van der Waals surface area contributed by atoms with Crippen LogP contribution >= 0.6 is 15.9 Å². The summed E-state index contributed by atoms with van der Waals surface area (Å²) in [6.45, 7) is 0. The fourth-order valence-electron chi connectivity index (χ4n) is 3.18. The van der Waals surface area contributed by atoms with Crippen molar-refractivity contribution in [1.29, 1.82) is 0 Å². The van der Waals surface area contributed by atoms with Crippen LogP contribution in [0.15, 0.2) is 87.2 Å². The molecule has 1 heterocycles. The summed E-state index contributed by atoms with van der Waals surface area (Å²) in [6.07, 6.45) is -4.73. The van der Waals surface area contributed by atoms with Crippen molar-refractivity contribution in [2.45, 2.75) is 16.1 Å². The molecule has 0 saturated heterocycles. The van der Waals surface area contributed by atoms with Crippen LogP contribution in [0.3, 0.4) is 0 Å². The van der Waals surface area contributed by atoms with E-state index in [1.807, 2.05) is 0 Å². The highest BCUT2D eigenvalue weighted by Gasteiger charge is 2.34. The predicted molar refractivity (Wildman–Crippen MR) is 118 cm³/mol. The lowest BCUT2D eigenvalue weighted by Gasteiger charge is -2.11. The number of sulfone groups is 1. The summed E-state index contributed by atoms with van der Waals surface area (Å²) >= 11 is 3.30. The van der Waals surface area contributed by atoms with Gasteiger partial charge in [0, 0.05) is 10.0 Å². The highest BCUT2D eigenvalue weighted by molar-refractivity contribution is 9.10. The van der Waals surface area contributed by atoms with E-state index in [-0.39, 0.29) is 11.3 Å². The number of alkyl halides is 3. The van der Waals surface area contributed by atoms with Crippen LogP contribution in [0.1, 0.15) is 15.9 Å². The van der Waals surface area contributed by atoms with Gasteiger partial charge in [-0.15, -0.1) is 5.10 Å². The molecule has 0 aliphatic rings. The number of rotatable bonds is 5. The van der Waals surface area contributed by atoms with E-state index in [2.05, 4.69) is 26.2 Å². The molecule has 4 rings (SSSR count). The highest BCUT2D eigenvalue weighted by Crippen LogP contribution is 2.35. The van der Waals surface area contributed by atoms with Crippen molar-refractivity contribution in [2.75, 3.05) is 0 Å². The first-order chi connectivity index (χ1) is 16.0. The van der Waals surface area contributed by atoms with Gasteiger partial charge >= 0.3 is 12.1 Å². The van der Waals surface area contributed by atoms with E-state index in [0.717, 1.165) is 18.2 Å². The summed E-state index contributed by atoms with van der Waals surface area (Å²) in [6, 6.07) is 15.3. The van der Waals surface area contributed by atoms with Crippen LogP contribution in [0.2, 0.25) is 0 Å². The van der Waals surface area contributed by atoms with Crippen LogP contribution in [-0.4, -0.2) is 34.5 Å². The second-order valence-corrected chi connectivity index (χ2v) is 9.82. The number of halogens is 4. The number of aromatic nitrogens is 3. The molecule has 12 heteroatoms. The van der Waals surface area contributed by atoms with Gasteiger partial charge in [-0.1, -0.05) is 39.3 Å². The second-order valence-electron chi connectivity index (χ2n) is 7.04. The van der Waals surface area contributed by atoms with Crippen LogP contribution < -0.4 is 0 Å². The number of carboxylic acid groups (broad SMARTS) is 1. The summed E-state index contributed by atoms with van der Waals surface area (Å²) in [5.41, 5.74) is -0.420. The number of benzene rings is 3. The molecule has 4 aromatic rings. The Morgan fingerprint density at radius 2 is 1.62 bits per heavy atom. The monoisotopic (exact) mass is 551 g/mol. The molecular formula is C22H13BrF3N3O4S. The third kappa shape index (κ3) is 4.46. The van der Waals surface area contributed by atoms with E-state index in [4.69, 9.17) is 5.11 Å². The van der Waals surface area contributed by atoms with Gasteiger partial charge in [-0.2, -0.15) is 13.2 Å². The van der Waals surface area contributed by atoms with Gasteiger partial charge in [0.05, 0.1) is 21.7 Å². The van der Waals surface area contributed by atoms with E-state index < -0.39 is 37.5 Å². The number of aromatic carboxylic acids is 1. The minimum Gasteiger partial charge on any atom is -0.478 e. The van der Waals surface area contributed by atoms with Crippen molar-refractivity contribution in [2.24, 2.45) is 0 Å². The average molecular weight is 552 g/mol. The van der Waals surface area contributed by atoms with Gasteiger partial charge < -0.3 is 5.11 Å². The number of nitrogens with zero attached hydrogens (tertiary/aromatic N) is 3. The molecule has 3 aromatic carbocycles. The molecule has 0 aliphatic heterocycles. The van der Waals surface area contributed by atoms with Gasteiger partial charge in [-0.3, -0.25) is 0 Å². The van der Waals surface area contributed by atoms with Crippen molar-refractivity contribution in [1.82, 2.24) is 15.0 Å². The third-order valence-corrected chi connectivity index (χ3v) is 7.03. The van der Waals surface area contributed by atoms with E-state index in [1.54, 1.807) is 24.3 Å². The fraction of sp³-hybridized carbons (Fsp3) is 0.0455. The first kappa shape index (κ1) is 23.6. The van der Waals surface area contributed by atoms with Gasteiger partial charge in [0.1, 0.15) is 5.69 Å². The molecule has 1 N–H and O–H groups in total. The van der Waals surface area contributed by atoms with Crippen LogP contribution in [0.4, 0.5) is 13.2 Å². The lowest BCUT2D eigenvalue weighted by molar-refractivity contribution is -0.137. The molecule has 0 radical (unpaired) electrons. The standard InChI is InChI=1S/C22H13BrF3N3O4S/c23-16-8-4-13(5-9-16)19-20(27-28-29(19)17-10-6-14(7-11-17)21(30)31)34(32,33)18-3-1-2-15(12-18)22(24,25)26/h1-12H,(H,30,31). The largest absolute Gasteiger partial charge is 0.478 e. The molecule has 0 saturated carbocycles. The maximum absolute atomic E-state index is 13.4. The number of hydrogen-bond acceptors (Lipinski definition) is 5. The Labute approximate surface area is 199 Å².